The van der Waals surface area contributed by atoms with Gasteiger partial charge in [-0.2, -0.15) is 0 Å². The molecule has 1 rings (SSSR count). The van der Waals surface area contributed by atoms with Crippen molar-refractivity contribution in [1.29, 1.82) is 5.41 Å². The summed E-state index contributed by atoms with van der Waals surface area (Å²) < 4.78 is 22.5. The molecule has 0 aromatic heterocycles. The molecule has 4 nitrogen and oxygen atoms in total. The summed E-state index contributed by atoms with van der Waals surface area (Å²) in [7, 11) is 0. The van der Waals surface area contributed by atoms with Gasteiger partial charge in [-0.1, -0.05) is 11.6 Å². The summed E-state index contributed by atoms with van der Waals surface area (Å²) in [5.41, 5.74) is 0. The van der Waals surface area contributed by atoms with Gasteiger partial charge in [-0.15, -0.1) is 0 Å². The second-order valence-corrected chi connectivity index (χ2v) is 3.94. The lowest BCUT2D eigenvalue weighted by molar-refractivity contribution is 0.272. The predicted molar refractivity (Wildman–Crippen MR) is 69.8 cm³/mol. The Balaban J connectivity index is 2.43. The van der Waals surface area contributed by atoms with Crippen molar-refractivity contribution in [2.24, 2.45) is 0 Å². The largest absolute Gasteiger partial charge is 0.492 e. The Morgan fingerprint density at radius 2 is 2.17 bits per heavy atom. The molecule has 100 valence electrons. The molecule has 0 saturated carbocycles. The second-order valence-electron chi connectivity index (χ2n) is 3.53. The Kier molecular flexibility index (Phi) is 6.28. The van der Waals surface area contributed by atoms with E-state index in [0.717, 1.165) is 0 Å². The highest BCUT2D eigenvalue weighted by Crippen LogP contribution is 2.28. The van der Waals surface area contributed by atoms with Gasteiger partial charge in [0.1, 0.15) is 31.4 Å². The summed E-state index contributed by atoms with van der Waals surface area (Å²) in [6.45, 7) is 2.07. The number of amidine groups is 1. The van der Waals surface area contributed by atoms with E-state index in [9.17, 15) is 4.39 Å². The molecule has 0 aliphatic carbocycles. The van der Waals surface area contributed by atoms with Crippen LogP contribution in [0.5, 0.6) is 11.5 Å². The fraction of sp³-hybridized carbons (Fsp3) is 0.417. The van der Waals surface area contributed by atoms with Crippen LogP contribution in [0.2, 0.25) is 5.02 Å². The molecule has 0 spiro atoms. The van der Waals surface area contributed by atoms with Crippen LogP contribution in [0.25, 0.3) is 0 Å². The molecule has 1 aromatic carbocycles. The average Bonchev–Trinajstić information content (AvgIpc) is 2.33. The summed E-state index contributed by atoms with van der Waals surface area (Å²) in [6, 6.07) is 4.96. The van der Waals surface area contributed by atoms with Crippen LogP contribution in [0.4, 0.5) is 4.39 Å². The zero-order chi connectivity index (χ0) is 13.4. The van der Waals surface area contributed by atoms with Crippen molar-refractivity contribution in [3.05, 3.63) is 23.2 Å². The van der Waals surface area contributed by atoms with Gasteiger partial charge >= 0.3 is 0 Å². The Morgan fingerprint density at radius 3 is 2.78 bits per heavy atom. The van der Waals surface area contributed by atoms with Gasteiger partial charge in [-0.05, 0) is 19.1 Å². The van der Waals surface area contributed by atoms with Crippen LogP contribution in [0.15, 0.2) is 18.2 Å². The van der Waals surface area contributed by atoms with Crippen molar-refractivity contribution >= 4 is 17.4 Å². The molecule has 1 aromatic rings. The zero-order valence-electron chi connectivity index (χ0n) is 10.1. The lowest BCUT2D eigenvalue weighted by Crippen LogP contribution is -2.24. The number of hydrogen-bond donors (Lipinski definition) is 2. The maximum absolute atomic E-state index is 11.9. The van der Waals surface area contributed by atoms with E-state index >= 15 is 0 Å². The van der Waals surface area contributed by atoms with E-state index in [-0.39, 0.29) is 6.61 Å². The second kappa shape index (κ2) is 7.76. The topological polar surface area (TPSA) is 54.3 Å². The van der Waals surface area contributed by atoms with Crippen molar-refractivity contribution in [3.8, 4) is 11.5 Å². The molecule has 0 amide bonds. The molecule has 0 bridgehead atoms. The van der Waals surface area contributed by atoms with Gasteiger partial charge in [0.05, 0.1) is 17.4 Å². The highest BCUT2D eigenvalue weighted by molar-refractivity contribution is 6.32. The molecule has 0 radical (unpaired) electrons. The fourth-order valence-electron chi connectivity index (χ4n) is 1.24. The van der Waals surface area contributed by atoms with Crippen molar-refractivity contribution in [2.75, 3.05) is 26.4 Å². The minimum absolute atomic E-state index is 0.0115. The monoisotopic (exact) mass is 274 g/mol. The van der Waals surface area contributed by atoms with E-state index in [1.54, 1.807) is 25.1 Å². The minimum Gasteiger partial charge on any atom is -0.492 e. The average molecular weight is 275 g/mol. The lowest BCUT2D eigenvalue weighted by Gasteiger charge is -2.10. The molecule has 0 saturated heterocycles. The smallest absolute Gasteiger partial charge is 0.138 e. The van der Waals surface area contributed by atoms with Crippen LogP contribution in [-0.2, 0) is 0 Å². The van der Waals surface area contributed by atoms with Gasteiger partial charge in [0, 0.05) is 6.07 Å². The van der Waals surface area contributed by atoms with E-state index in [4.69, 9.17) is 26.5 Å². The number of nitrogens with one attached hydrogen (secondary N) is 2. The molecular formula is C12H16ClFN2O2. The Labute approximate surface area is 111 Å². The first-order valence-corrected chi connectivity index (χ1v) is 5.91. The molecule has 0 aliphatic rings. The molecule has 0 fully saturated rings. The van der Waals surface area contributed by atoms with Crippen LogP contribution in [-0.4, -0.2) is 32.3 Å². The van der Waals surface area contributed by atoms with E-state index in [0.29, 0.717) is 35.5 Å². The van der Waals surface area contributed by atoms with Crippen LogP contribution >= 0.6 is 11.6 Å². The van der Waals surface area contributed by atoms with E-state index < -0.39 is 6.67 Å². The van der Waals surface area contributed by atoms with Gasteiger partial charge in [-0.3, -0.25) is 5.41 Å². The molecule has 2 N–H and O–H groups in total. The molecule has 0 atom stereocenters. The van der Waals surface area contributed by atoms with E-state index in [1.807, 2.05) is 0 Å². The maximum Gasteiger partial charge on any atom is 0.138 e. The Morgan fingerprint density at radius 1 is 1.39 bits per heavy atom. The minimum atomic E-state index is -0.552. The third-order valence-corrected chi connectivity index (χ3v) is 2.29. The third kappa shape index (κ3) is 5.23. The summed E-state index contributed by atoms with van der Waals surface area (Å²) in [5, 5.41) is 10.4. The number of benzene rings is 1. The highest BCUT2D eigenvalue weighted by Gasteiger charge is 2.03. The zero-order valence-corrected chi connectivity index (χ0v) is 10.9. The van der Waals surface area contributed by atoms with Gasteiger partial charge in [-0.25, -0.2) is 4.39 Å². The SMILES string of the molecule is CC(=N)NCCOc1ccc(OCCF)c(Cl)c1. The van der Waals surface area contributed by atoms with Crippen LogP contribution in [0.1, 0.15) is 6.92 Å². The summed E-state index contributed by atoms with van der Waals surface area (Å²) in [6.07, 6.45) is 0. The van der Waals surface area contributed by atoms with Crippen LogP contribution in [0, 0.1) is 5.41 Å². The first kappa shape index (κ1) is 14.6. The normalized spacial score (nSPS) is 9.94. The first-order chi connectivity index (χ1) is 8.63. The predicted octanol–water partition coefficient (Wildman–Crippen LogP) is 2.65. The first-order valence-electron chi connectivity index (χ1n) is 5.53. The van der Waals surface area contributed by atoms with Gasteiger partial charge < -0.3 is 14.8 Å². The number of rotatable bonds is 7. The Hall–Kier alpha value is -1.49. The molecular weight excluding hydrogens is 259 g/mol. The van der Waals surface area contributed by atoms with Gasteiger partial charge in [0.15, 0.2) is 0 Å². The van der Waals surface area contributed by atoms with Crippen LogP contribution < -0.4 is 14.8 Å². The van der Waals surface area contributed by atoms with Crippen molar-refractivity contribution in [2.45, 2.75) is 6.92 Å². The molecule has 0 aliphatic heterocycles. The Bertz CT molecular complexity index is 402. The highest BCUT2D eigenvalue weighted by atomic mass is 35.5. The van der Waals surface area contributed by atoms with Crippen molar-refractivity contribution in [3.63, 3.8) is 0 Å². The molecule has 0 unspecified atom stereocenters. The molecule has 6 heteroatoms. The van der Waals surface area contributed by atoms with E-state index in [2.05, 4.69) is 5.32 Å². The molecule has 0 heterocycles. The fourth-order valence-corrected chi connectivity index (χ4v) is 1.47. The molecule has 18 heavy (non-hydrogen) atoms. The quantitative estimate of drug-likeness (QED) is 0.457. The summed E-state index contributed by atoms with van der Waals surface area (Å²) >= 11 is 5.95. The number of hydrogen-bond acceptors (Lipinski definition) is 3. The van der Waals surface area contributed by atoms with Crippen molar-refractivity contribution in [1.82, 2.24) is 5.32 Å². The van der Waals surface area contributed by atoms with Gasteiger partial charge in [0.2, 0.25) is 0 Å². The van der Waals surface area contributed by atoms with E-state index in [1.165, 1.54) is 0 Å². The number of ether oxygens (including phenoxy) is 2. The summed E-state index contributed by atoms with van der Waals surface area (Å²) in [4.78, 5) is 0. The standard InChI is InChI=1S/C12H16ClFN2O2/c1-9(15)16-5-7-17-10-2-3-12(11(13)8-10)18-6-4-14/h2-3,8H,4-7H2,1H3,(H2,15,16). The van der Waals surface area contributed by atoms with Crippen LogP contribution in [0.3, 0.4) is 0 Å². The maximum atomic E-state index is 11.9. The van der Waals surface area contributed by atoms with Crippen molar-refractivity contribution < 1.29 is 13.9 Å². The number of halogens is 2. The third-order valence-electron chi connectivity index (χ3n) is 2.00. The van der Waals surface area contributed by atoms with Gasteiger partial charge in [0.25, 0.3) is 0 Å². The summed E-state index contributed by atoms with van der Waals surface area (Å²) in [5.74, 6) is 1.44. The number of alkyl halides is 1. The lowest BCUT2D eigenvalue weighted by atomic mass is 10.3.